The number of carboxylic acids is 1. The molecule has 11 nitrogen and oxygen atoms in total. The van der Waals surface area contributed by atoms with Crippen molar-refractivity contribution in [2.75, 3.05) is 13.1 Å². The van der Waals surface area contributed by atoms with Gasteiger partial charge in [-0.1, -0.05) is 6.42 Å². The molecule has 0 saturated carbocycles. The number of carbonyl (C=O) groups excluding carboxylic acids is 1. The lowest BCUT2D eigenvalue weighted by molar-refractivity contribution is -0.144. The summed E-state index contributed by atoms with van der Waals surface area (Å²) in [6.45, 7) is -0.732. The Morgan fingerprint density at radius 1 is 1.41 bits per heavy atom. The molecule has 0 bridgehead atoms. The molecular weight excluding hydrogens is 319 g/mol. The van der Waals surface area contributed by atoms with E-state index in [1.54, 1.807) is 4.72 Å². The molecule has 1 heterocycles. The van der Waals surface area contributed by atoms with E-state index in [2.05, 4.69) is 0 Å². The Bertz CT molecular complexity index is 542. The Morgan fingerprint density at radius 3 is 2.45 bits per heavy atom. The highest BCUT2D eigenvalue weighted by Crippen LogP contribution is 2.31. The lowest BCUT2D eigenvalue weighted by atomic mass is 9.78. The van der Waals surface area contributed by atoms with Crippen molar-refractivity contribution in [2.45, 2.75) is 24.7 Å². The number of nitrogens with one attached hydrogen (secondary N) is 1. The third kappa shape index (κ3) is 4.30. The first-order chi connectivity index (χ1) is 9.99. The minimum Gasteiger partial charge on any atom is -0.480 e. The zero-order valence-corrected chi connectivity index (χ0v) is 12.5. The Labute approximate surface area is 127 Å². The molecule has 1 aliphatic rings. The predicted molar refractivity (Wildman–Crippen MR) is 75.5 cm³/mol. The van der Waals surface area contributed by atoms with Crippen LogP contribution in [0.1, 0.15) is 12.8 Å². The molecule has 2 atom stereocenters. The van der Waals surface area contributed by atoms with Crippen molar-refractivity contribution < 1.29 is 33.2 Å². The number of nitrogens with zero attached hydrogens (tertiary/aromatic N) is 1. The summed E-state index contributed by atoms with van der Waals surface area (Å²) in [5.74, 6) is -2.12. The summed E-state index contributed by atoms with van der Waals surface area (Å²) in [7, 11) is -5.80. The van der Waals surface area contributed by atoms with Gasteiger partial charge in [0.25, 0.3) is 0 Å². The highest BCUT2D eigenvalue weighted by molar-refractivity contribution is 7.87. The Hall–Kier alpha value is -1.41. The summed E-state index contributed by atoms with van der Waals surface area (Å²) in [5, 5.41) is 26.8. The molecule has 2 amide bonds. The highest BCUT2D eigenvalue weighted by atomic mass is 32.2. The molecule has 1 aliphatic heterocycles. The second-order valence-corrected chi connectivity index (χ2v) is 6.89. The third-order valence-electron chi connectivity index (χ3n) is 3.57. The topological polar surface area (TPSA) is 196 Å². The number of rotatable bonds is 7. The van der Waals surface area contributed by atoms with Gasteiger partial charge >= 0.3 is 29.3 Å². The van der Waals surface area contributed by atoms with Gasteiger partial charge in [0.05, 0.1) is 0 Å². The Balaban J connectivity index is 2.88. The fourth-order valence-electron chi connectivity index (χ4n) is 2.41. The Kier molecular flexibility index (Phi) is 5.75. The molecule has 0 aromatic heterocycles. The summed E-state index contributed by atoms with van der Waals surface area (Å²) < 4.78 is 26.0. The molecule has 22 heavy (non-hydrogen) atoms. The molecule has 0 radical (unpaired) electrons. The fourth-order valence-corrected chi connectivity index (χ4v) is 3.55. The van der Waals surface area contributed by atoms with Crippen LogP contribution in [0.4, 0.5) is 4.79 Å². The van der Waals surface area contributed by atoms with Gasteiger partial charge in [-0.2, -0.15) is 12.7 Å². The lowest BCUT2D eigenvalue weighted by Gasteiger charge is -2.25. The van der Waals surface area contributed by atoms with E-state index in [1.807, 2.05) is 0 Å². The average molecular weight is 338 g/mol. The van der Waals surface area contributed by atoms with Crippen molar-refractivity contribution in [3.63, 3.8) is 0 Å². The zero-order chi connectivity index (χ0) is 17.1. The van der Waals surface area contributed by atoms with Gasteiger partial charge < -0.3 is 26.6 Å². The van der Waals surface area contributed by atoms with Crippen LogP contribution in [0.5, 0.6) is 0 Å². The van der Waals surface area contributed by atoms with Crippen molar-refractivity contribution in [3.05, 3.63) is 0 Å². The van der Waals surface area contributed by atoms with Crippen molar-refractivity contribution in [3.8, 4) is 0 Å². The van der Waals surface area contributed by atoms with Crippen LogP contribution in [0.2, 0.25) is 6.32 Å². The molecule has 8 N–H and O–H groups in total. The van der Waals surface area contributed by atoms with Crippen LogP contribution in [-0.4, -0.2) is 65.6 Å². The van der Waals surface area contributed by atoms with Crippen molar-refractivity contribution in [1.82, 2.24) is 9.03 Å². The first-order valence-electron chi connectivity index (χ1n) is 6.45. The third-order valence-corrected chi connectivity index (χ3v) is 4.99. The van der Waals surface area contributed by atoms with Crippen LogP contribution in [0.3, 0.4) is 0 Å². The summed E-state index contributed by atoms with van der Waals surface area (Å²) in [6.07, 6.45) is 0.452. The average Bonchev–Trinajstić information content (AvgIpc) is 2.67. The summed E-state index contributed by atoms with van der Waals surface area (Å²) in [5.41, 5.74) is 8.74. The maximum absolute atomic E-state index is 11.9. The molecule has 1 saturated heterocycles. The van der Waals surface area contributed by atoms with Crippen LogP contribution in [0, 0.1) is 5.92 Å². The SMILES string of the molecule is NC(=O)NS(=O)(=O)N1C[C@@H](CCCB(O)O)[C@@](N)(C(=O)O)C1. The van der Waals surface area contributed by atoms with Crippen LogP contribution < -0.4 is 16.2 Å². The van der Waals surface area contributed by atoms with Crippen molar-refractivity contribution in [2.24, 2.45) is 17.4 Å². The smallest absolute Gasteiger partial charge is 0.451 e. The number of carbonyl (C=O) groups is 2. The number of amides is 2. The molecule has 0 aromatic rings. The van der Waals surface area contributed by atoms with E-state index in [1.165, 1.54) is 0 Å². The van der Waals surface area contributed by atoms with E-state index in [0.717, 1.165) is 4.31 Å². The van der Waals surface area contributed by atoms with E-state index in [9.17, 15) is 23.1 Å². The number of primary amides is 1. The van der Waals surface area contributed by atoms with Gasteiger partial charge in [-0.05, 0) is 12.7 Å². The molecule has 1 fully saturated rings. The van der Waals surface area contributed by atoms with Crippen LogP contribution in [0.25, 0.3) is 0 Å². The Morgan fingerprint density at radius 2 is 2.00 bits per heavy atom. The molecule has 0 unspecified atom stereocenters. The number of urea groups is 1. The number of hydrogen-bond acceptors (Lipinski definition) is 7. The standard InChI is InChI=1S/C9H19BN4O7S/c11-8(17)13-22(20,21)14-4-6(2-1-3-10(18)19)9(12,5-14)7(15)16/h6,18-19H,1-5,12H2,(H,15,16)(H3,11,13,17)/t6-,9-/m1/s1. The van der Waals surface area contributed by atoms with Gasteiger partial charge in [0.2, 0.25) is 0 Å². The van der Waals surface area contributed by atoms with Gasteiger partial charge in [0.1, 0.15) is 5.54 Å². The normalized spacial score (nSPS) is 25.9. The monoisotopic (exact) mass is 338 g/mol. The zero-order valence-electron chi connectivity index (χ0n) is 11.7. The first-order valence-corrected chi connectivity index (χ1v) is 7.89. The van der Waals surface area contributed by atoms with Gasteiger partial charge in [0.15, 0.2) is 0 Å². The highest BCUT2D eigenvalue weighted by Gasteiger charge is 2.52. The number of carboxylic acid groups (broad SMARTS) is 1. The largest absolute Gasteiger partial charge is 0.480 e. The van der Waals surface area contributed by atoms with Crippen LogP contribution in [0.15, 0.2) is 0 Å². The van der Waals surface area contributed by atoms with E-state index in [0.29, 0.717) is 0 Å². The van der Waals surface area contributed by atoms with Crippen molar-refractivity contribution in [1.29, 1.82) is 0 Å². The first kappa shape index (κ1) is 18.6. The molecule has 0 spiro atoms. The maximum Gasteiger partial charge on any atom is 0.451 e. The maximum atomic E-state index is 11.9. The lowest BCUT2D eigenvalue weighted by Crippen LogP contribution is -2.55. The second kappa shape index (κ2) is 6.79. The number of aliphatic carboxylic acids is 1. The second-order valence-electron chi connectivity index (χ2n) is 5.22. The van der Waals surface area contributed by atoms with E-state index < -0.39 is 47.3 Å². The number of hydrogen-bond donors (Lipinski definition) is 6. The van der Waals surface area contributed by atoms with Crippen LogP contribution in [-0.2, 0) is 15.0 Å². The summed E-state index contributed by atoms with van der Waals surface area (Å²) in [4.78, 5) is 22.1. The quantitative estimate of drug-likeness (QED) is 0.262. The fraction of sp³-hybridized carbons (Fsp3) is 0.778. The summed E-state index contributed by atoms with van der Waals surface area (Å²) >= 11 is 0. The van der Waals surface area contributed by atoms with Gasteiger partial charge in [-0.15, -0.1) is 0 Å². The molecule has 0 aromatic carbocycles. The number of nitrogens with two attached hydrogens (primary N) is 2. The minimum atomic E-state index is -4.27. The molecular formula is C9H19BN4O7S. The van der Waals surface area contributed by atoms with E-state index >= 15 is 0 Å². The van der Waals surface area contributed by atoms with Crippen molar-refractivity contribution >= 4 is 29.3 Å². The molecule has 1 rings (SSSR count). The minimum absolute atomic E-state index is 0.0124. The van der Waals surface area contributed by atoms with E-state index in [4.69, 9.17) is 21.5 Å². The van der Waals surface area contributed by atoms with Gasteiger partial charge in [0, 0.05) is 19.0 Å². The van der Waals surface area contributed by atoms with E-state index in [-0.39, 0.29) is 25.7 Å². The molecule has 126 valence electrons. The van der Waals surface area contributed by atoms with Crippen LogP contribution >= 0.6 is 0 Å². The molecule has 13 heteroatoms. The van der Waals surface area contributed by atoms with Gasteiger partial charge in [-0.25, -0.2) is 9.52 Å². The molecule has 0 aliphatic carbocycles. The van der Waals surface area contributed by atoms with Gasteiger partial charge in [-0.3, -0.25) is 4.79 Å². The predicted octanol–water partition coefficient (Wildman–Crippen LogP) is -3.13. The summed E-state index contributed by atoms with van der Waals surface area (Å²) in [6, 6.07) is -1.29.